The van der Waals surface area contributed by atoms with Crippen LogP contribution >= 0.6 is 0 Å². The van der Waals surface area contributed by atoms with Crippen LogP contribution in [0.3, 0.4) is 0 Å². The Morgan fingerprint density at radius 1 is 1.27 bits per heavy atom. The van der Waals surface area contributed by atoms with Crippen molar-refractivity contribution in [1.82, 2.24) is 5.32 Å². The van der Waals surface area contributed by atoms with E-state index in [9.17, 15) is 0 Å². The van der Waals surface area contributed by atoms with Gasteiger partial charge in [0, 0.05) is 6.07 Å². The van der Waals surface area contributed by atoms with Crippen LogP contribution in [0.25, 0.3) is 0 Å². The van der Waals surface area contributed by atoms with Crippen molar-refractivity contribution >= 4 is 0 Å². The fourth-order valence-corrected chi connectivity index (χ4v) is 1.82. The van der Waals surface area contributed by atoms with Crippen LogP contribution < -0.4 is 14.8 Å². The zero-order valence-electron chi connectivity index (χ0n) is 9.25. The number of rotatable bonds is 4. The molecule has 3 heteroatoms. The average Bonchev–Trinajstić information content (AvgIpc) is 2.23. The highest BCUT2D eigenvalue weighted by molar-refractivity contribution is 5.41. The summed E-state index contributed by atoms with van der Waals surface area (Å²) in [5, 5.41) is 3.28. The lowest BCUT2D eigenvalue weighted by molar-refractivity contribution is 0.337. The van der Waals surface area contributed by atoms with Gasteiger partial charge in [0.1, 0.15) is 11.5 Å². The van der Waals surface area contributed by atoms with Gasteiger partial charge in [0.2, 0.25) is 0 Å². The van der Waals surface area contributed by atoms with Gasteiger partial charge in [-0.05, 0) is 37.1 Å². The summed E-state index contributed by atoms with van der Waals surface area (Å²) in [7, 11) is 3.38. The number of methoxy groups -OCH3 is 2. The molecule has 1 aliphatic rings. The molecule has 1 fully saturated rings. The number of nitrogens with one attached hydrogen (secondary N) is 1. The second-order valence-corrected chi connectivity index (χ2v) is 3.91. The Morgan fingerprint density at radius 2 is 2.07 bits per heavy atom. The molecule has 15 heavy (non-hydrogen) atoms. The second kappa shape index (κ2) is 4.53. The van der Waals surface area contributed by atoms with E-state index < -0.39 is 0 Å². The van der Waals surface area contributed by atoms with Crippen molar-refractivity contribution in [2.45, 2.75) is 6.42 Å². The van der Waals surface area contributed by atoms with Crippen LogP contribution in [0.15, 0.2) is 18.2 Å². The van der Waals surface area contributed by atoms with Crippen molar-refractivity contribution < 1.29 is 9.47 Å². The molecular weight excluding hydrogens is 190 g/mol. The van der Waals surface area contributed by atoms with Crippen molar-refractivity contribution in [1.29, 1.82) is 0 Å². The largest absolute Gasteiger partial charge is 0.497 e. The Balaban J connectivity index is 2.13. The van der Waals surface area contributed by atoms with Gasteiger partial charge >= 0.3 is 0 Å². The molecule has 1 aromatic carbocycles. The Labute approximate surface area is 90.4 Å². The van der Waals surface area contributed by atoms with E-state index in [1.54, 1.807) is 14.2 Å². The zero-order chi connectivity index (χ0) is 10.7. The molecule has 1 N–H and O–H groups in total. The molecule has 1 heterocycles. The van der Waals surface area contributed by atoms with Crippen LogP contribution in [0.5, 0.6) is 11.5 Å². The summed E-state index contributed by atoms with van der Waals surface area (Å²) in [5.74, 6) is 2.54. The van der Waals surface area contributed by atoms with Gasteiger partial charge in [-0.1, -0.05) is 6.07 Å². The number of hydrogen-bond donors (Lipinski definition) is 1. The normalized spacial score (nSPS) is 15.9. The predicted molar refractivity (Wildman–Crippen MR) is 59.6 cm³/mol. The summed E-state index contributed by atoms with van der Waals surface area (Å²) < 4.78 is 10.5. The molecule has 1 aromatic rings. The monoisotopic (exact) mass is 207 g/mol. The quantitative estimate of drug-likeness (QED) is 0.811. The SMILES string of the molecule is COc1ccc(CC2CNC2)c(OC)c1. The number of ether oxygens (including phenoxy) is 2. The first-order valence-electron chi connectivity index (χ1n) is 5.25. The minimum Gasteiger partial charge on any atom is -0.497 e. The molecule has 0 spiro atoms. The van der Waals surface area contributed by atoms with Crippen LogP contribution in [0.4, 0.5) is 0 Å². The molecule has 1 aliphatic heterocycles. The first kappa shape index (κ1) is 10.3. The Kier molecular flexibility index (Phi) is 3.11. The minimum atomic E-state index is 0.757. The van der Waals surface area contributed by atoms with Crippen LogP contribution in [0.1, 0.15) is 5.56 Å². The van der Waals surface area contributed by atoms with E-state index in [2.05, 4.69) is 11.4 Å². The second-order valence-electron chi connectivity index (χ2n) is 3.91. The lowest BCUT2D eigenvalue weighted by Crippen LogP contribution is -2.43. The maximum Gasteiger partial charge on any atom is 0.125 e. The smallest absolute Gasteiger partial charge is 0.125 e. The summed E-state index contributed by atoms with van der Waals surface area (Å²) in [4.78, 5) is 0. The summed E-state index contributed by atoms with van der Waals surface area (Å²) in [6.45, 7) is 2.24. The highest BCUT2D eigenvalue weighted by Crippen LogP contribution is 2.27. The third kappa shape index (κ3) is 2.23. The first-order chi connectivity index (χ1) is 7.33. The van der Waals surface area contributed by atoms with E-state index >= 15 is 0 Å². The van der Waals surface area contributed by atoms with Gasteiger partial charge in [0.05, 0.1) is 14.2 Å². The van der Waals surface area contributed by atoms with E-state index in [1.165, 1.54) is 5.56 Å². The van der Waals surface area contributed by atoms with Crippen LogP contribution in [0, 0.1) is 5.92 Å². The minimum absolute atomic E-state index is 0.757. The highest BCUT2D eigenvalue weighted by atomic mass is 16.5. The number of benzene rings is 1. The maximum absolute atomic E-state index is 5.36. The first-order valence-corrected chi connectivity index (χ1v) is 5.25. The molecule has 0 unspecified atom stereocenters. The summed E-state index contributed by atoms with van der Waals surface area (Å²) in [5.41, 5.74) is 1.27. The molecule has 0 amide bonds. The zero-order valence-corrected chi connectivity index (χ0v) is 9.25. The maximum atomic E-state index is 5.36. The van der Waals surface area contributed by atoms with Crippen molar-refractivity contribution in [3.05, 3.63) is 23.8 Å². The van der Waals surface area contributed by atoms with Crippen LogP contribution in [-0.4, -0.2) is 27.3 Å². The summed E-state index contributed by atoms with van der Waals surface area (Å²) in [6.07, 6.45) is 1.08. The van der Waals surface area contributed by atoms with E-state index in [1.807, 2.05) is 12.1 Å². The summed E-state index contributed by atoms with van der Waals surface area (Å²) in [6, 6.07) is 6.03. The molecule has 82 valence electrons. The van der Waals surface area contributed by atoms with Crippen molar-refractivity contribution in [3.8, 4) is 11.5 Å². The van der Waals surface area contributed by atoms with Crippen LogP contribution in [-0.2, 0) is 6.42 Å². The predicted octanol–water partition coefficient (Wildman–Crippen LogP) is 1.47. The Hall–Kier alpha value is -1.22. The van der Waals surface area contributed by atoms with E-state index in [0.29, 0.717) is 0 Å². The molecule has 1 saturated heterocycles. The Morgan fingerprint density at radius 3 is 2.60 bits per heavy atom. The third-order valence-electron chi connectivity index (χ3n) is 2.87. The van der Waals surface area contributed by atoms with Crippen molar-refractivity contribution in [3.63, 3.8) is 0 Å². The molecule has 0 aliphatic carbocycles. The van der Waals surface area contributed by atoms with Gasteiger partial charge in [0.25, 0.3) is 0 Å². The van der Waals surface area contributed by atoms with Crippen molar-refractivity contribution in [2.75, 3.05) is 27.3 Å². The fourth-order valence-electron chi connectivity index (χ4n) is 1.82. The third-order valence-corrected chi connectivity index (χ3v) is 2.87. The molecular formula is C12H17NO2. The molecule has 0 atom stereocenters. The lowest BCUT2D eigenvalue weighted by atomic mass is 9.94. The highest BCUT2D eigenvalue weighted by Gasteiger charge is 2.18. The molecule has 3 nitrogen and oxygen atoms in total. The standard InChI is InChI=1S/C12H17NO2/c1-14-11-4-3-10(12(6-11)15-2)5-9-7-13-8-9/h3-4,6,9,13H,5,7-8H2,1-2H3. The van der Waals surface area contributed by atoms with Crippen molar-refractivity contribution in [2.24, 2.45) is 5.92 Å². The molecule has 0 bridgehead atoms. The Bertz CT molecular complexity index is 334. The van der Waals surface area contributed by atoms with Crippen LogP contribution in [0.2, 0.25) is 0 Å². The molecule has 2 rings (SSSR count). The topological polar surface area (TPSA) is 30.5 Å². The molecule has 0 aromatic heterocycles. The van der Waals surface area contributed by atoms with E-state index in [4.69, 9.17) is 9.47 Å². The van der Waals surface area contributed by atoms with E-state index in [-0.39, 0.29) is 0 Å². The summed E-state index contributed by atoms with van der Waals surface area (Å²) >= 11 is 0. The molecule has 0 radical (unpaired) electrons. The van der Waals surface area contributed by atoms with Gasteiger partial charge in [-0.25, -0.2) is 0 Å². The van der Waals surface area contributed by atoms with Gasteiger partial charge in [-0.15, -0.1) is 0 Å². The average molecular weight is 207 g/mol. The lowest BCUT2D eigenvalue weighted by Gasteiger charge is -2.27. The number of hydrogen-bond acceptors (Lipinski definition) is 3. The molecule has 0 saturated carbocycles. The van der Waals surface area contributed by atoms with Gasteiger partial charge in [0.15, 0.2) is 0 Å². The van der Waals surface area contributed by atoms with Gasteiger partial charge < -0.3 is 14.8 Å². The van der Waals surface area contributed by atoms with Gasteiger partial charge in [-0.3, -0.25) is 0 Å². The van der Waals surface area contributed by atoms with E-state index in [0.717, 1.165) is 36.9 Å². The van der Waals surface area contributed by atoms with Gasteiger partial charge in [-0.2, -0.15) is 0 Å². The fraction of sp³-hybridized carbons (Fsp3) is 0.500.